The summed E-state index contributed by atoms with van der Waals surface area (Å²) in [6.45, 7) is 0. The van der Waals surface area contributed by atoms with Gasteiger partial charge in [0.2, 0.25) is 0 Å². The summed E-state index contributed by atoms with van der Waals surface area (Å²) >= 11 is 0. The molecule has 0 fully saturated rings. The van der Waals surface area contributed by atoms with E-state index in [1.165, 1.54) is 24.3 Å². The van der Waals surface area contributed by atoms with E-state index >= 15 is 0 Å². The fourth-order valence-corrected chi connectivity index (χ4v) is 2.96. The highest BCUT2D eigenvalue weighted by Gasteiger charge is 2.07. The lowest BCUT2D eigenvalue weighted by atomic mass is 10.1. The monoisotopic (exact) mass is 456 g/mol. The van der Waals surface area contributed by atoms with Crippen molar-refractivity contribution in [3.63, 3.8) is 0 Å². The van der Waals surface area contributed by atoms with Gasteiger partial charge in [-0.15, -0.1) is 0 Å². The van der Waals surface area contributed by atoms with Crippen LogP contribution in [0.25, 0.3) is 24.3 Å². The van der Waals surface area contributed by atoms with E-state index in [2.05, 4.69) is 0 Å². The Bertz CT molecular complexity index is 1150. The van der Waals surface area contributed by atoms with Gasteiger partial charge in [0.15, 0.2) is 34.5 Å². The lowest BCUT2D eigenvalue weighted by Crippen LogP contribution is -1.76. The van der Waals surface area contributed by atoms with E-state index in [1.807, 2.05) is 72.8 Å². The highest BCUT2D eigenvalue weighted by molar-refractivity contribution is 5.73. The van der Waals surface area contributed by atoms with Crippen LogP contribution in [-0.4, -0.2) is 30.6 Å². The van der Waals surface area contributed by atoms with Crippen LogP contribution >= 0.6 is 0 Å². The topological polar surface area (TPSA) is 121 Å². The molecule has 0 unspecified atom stereocenters. The van der Waals surface area contributed by atoms with E-state index in [0.29, 0.717) is 11.1 Å². The summed E-state index contributed by atoms with van der Waals surface area (Å²) in [6, 6.07) is 24.8. The van der Waals surface area contributed by atoms with Crippen LogP contribution in [0.5, 0.6) is 34.5 Å². The Labute approximate surface area is 196 Å². The van der Waals surface area contributed by atoms with Crippen LogP contribution in [0.1, 0.15) is 22.3 Å². The quantitative estimate of drug-likeness (QED) is 0.167. The van der Waals surface area contributed by atoms with E-state index in [-0.39, 0.29) is 23.0 Å². The summed E-state index contributed by atoms with van der Waals surface area (Å²) in [6.07, 6.45) is 7.19. The molecule has 0 aromatic heterocycles. The summed E-state index contributed by atoms with van der Waals surface area (Å²) in [7, 11) is 0. The SMILES string of the molecule is Oc1cc(C=Cc2ccccc2)cc(O)c1O.Oc1cc(C=Cc2ccccc2)cc(O)c1O. The molecule has 4 aromatic carbocycles. The van der Waals surface area contributed by atoms with Crippen molar-refractivity contribution in [3.8, 4) is 34.5 Å². The molecule has 0 aliphatic rings. The summed E-state index contributed by atoms with van der Waals surface area (Å²) in [5, 5.41) is 55.7. The first kappa shape index (κ1) is 23.8. The van der Waals surface area contributed by atoms with Crippen molar-refractivity contribution in [2.75, 3.05) is 0 Å². The Morgan fingerprint density at radius 1 is 0.353 bits per heavy atom. The molecule has 0 spiro atoms. The van der Waals surface area contributed by atoms with Crippen molar-refractivity contribution in [1.82, 2.24) is 0 Å². The first-order valence-corrected chi connectivity index (χ1v) is 10.3. The van der Waals surface area contributed by atoms with Crippen molar-refractivity contribution >= 4 is 24.3 Å². The van der Waals surface area contributed by atoms with E-state index in [9.17, 15) is 30.6 Å². The minimum atomic E-state index is -0.498. The van der Waals surface area contributed by atoms with Crippen molar-refractivity contribution in [2.24, 2.45) is 0 Å². The largest absolute Gasteiger partial charge is 0.504 e. The fourth-order valence-electron chi connectivity index (χ4n) is 2.96. The van der Waals surface area contributed by atoms with Crippen LogP contribution in [0.15, 0.2) is 84.9 Å². The smallest absolute Gasteiger partial charge is 0.200 e. The third-order valence-electron chi connectivity index (χ3n) is 4.72. The van der Waals surface area contributed by atoms with Crippen molar-refractivity contribution in [1.29, 1.82) is 0 Å². The van der Waals surface area contributed by atoms with E-state index in [1.54, 1.807) is 12.2 Å². The molecular formula is C28H24O6. The molecule has 6 nitrogen and oxygen atoms in total. The van der Waals surface area contributed by atoms with Crippen LogP contribution in [0.4, 0.5) is 0 Å². The van der Waals surface area contributed by atoms with Gasteiger partial charge in [0.05, 0.1) is 0 Å². The molecular weight excluding hydrogens is 432 g/mol. The maximum absolute atomic E-state index is 9.33. The highest BCUT2D eigenvalue weighted by Crippen LogP contribution is 2.36. The molecule has 0 aliphatic carbocycles. The molecule has 6 N–H and O–H groups in total. The zero-order valence-corrected chi connectivity index (χ0v) is 18.1. The van der Waals surface area contributed by atoms with Crippen LogP contribution in [0, 0.1) is 0 Å². The molecule has 0 amide bonds. The highest BCUT2D eigenvalue weighted by atomic mass is 16.3. The van der Waals surface area contributed by atoms with Gasteiger partial charge >= 0.3 is 0 Å². The average molecular weight is 456 g/mol. The van der Waals surface area contributed by atoms with Crippen LogP contribution in [0.3, 0.4) is 0 Å². The first-order chi connectivity index (χ1) is 16.3. The minimum absolute atomic E-state index is 0.335. The Morgan fingerprint density at radius 2 is 0.618 bits per heavy atom. The first-order valence-electron chi connectivity index (χ1n) is 10.3. The second-order valence-corrected chi connectivity index (χ2v) is 7.30. The summed E-state index contributed by atoms with van der Waals surface area (Å²) in [4.78, 5) is 0. The zero-order valence-electron chi connectivity index (χ0n) is 18.1. The predicted molar refractivity (Wildman–Crippen MR) is 134 cm³/mol. The molecule has 34 heavy (non-hydrogen) atoms. The van der Waals surface area contributed by atoms with Gasteiger partial charge in [-0.3, -0.25) is 0 Å². The average Bonchev–Trinajstić information content (AvgIpc) is 2.85. The Kier molecular flexibility index (Phi) is 7.81. The fraction of sp³-hybridized carbons (Fsp3) is 0. The molecule has 0 bridgehead atoms. The Balaban J connectivity index is 0.000000191. The third kappa shape index (κ3) is 6.58. The predicted octanol–water partition coefficient (Wildman–Crippen LogP) is 5.95. The lowest BCUT2D eigenvalue weighted by molar-refractivity contribution is 0.367. The van der Waals surface area contributed by atoms with Gasteiger partial charge in [0.25, 0.3) is 0 Å². The van der Waals surface area contributed by atoms with Gasteiger partial charge in [-0.25, -0.2) is 0 Å². The number of phenolic OH excluding ortho intramolecular Hbond substituents is 6. The number of phenols is 6. The molecule has 0 aliphatic heterocycles. The van der Waals surface area contributed by atoms with Gasteiger partial charge in [-0.1, -0.05) is 85.0 Å². The number of aromatic hydroxyl groups is 6. The van der Waals surface area contributed by atoms with Crippen LogP contribution in [-0.2, 0) is 0 Å². The van der Waals surface area contributed by atoms with Gasteiger partial charge in [0.1, 0.15) is 0 Å². The lowest BCUT2D eigenvalue weighted by Gasteiger charge is -2.02. The standard InChI is InChI=1S/2C14H12O3/c2*15-12-8-11(9-13(16)14(12)17)7-6-10-4-2-1-3-5-10/h2*1-9,15-17H. The molecule has 6 heteroatoms. The summed E-state index contributed by atoms with van der Waals surface area (Å²) < 4.78 is 0. The molecule has 0 radical (unpaired) electrons. The van der Waals surface area contributed by atoms with Gasteiger partial charge < -0.3 is 30.6 Å². The Morgan fingerprint density at radius 3 is 0.912 bits per heavy atom. The van der Waals surface area contributed by atoms with Crippen LogP contribution in [0.2, 0.25) is 0 Å². The molecule has 0 heterocycles. The third-order valence-corrected chi connectivity index (χ3v) is 4.72. The van der Waals surface area contributed by atoms with Crippen LogP contribution < -0.4 is 0 Å². The van der Waals surface area contributed by atoms with E-state index < -0.39 is 11.5 Å². The molecule has 0 saturated heterocycles. The number of hydrogen-bond acceptors (Lipinski definition) is 6. The van der Waals surface area contributed by atoms with Gasteiger partial charge in [-0.2, -0.15) is 0 Å². The number of hydrogen-bond donors (Lipinski definition) is 6. The number of rotatable bonds is 4. The normalized spacial score (nSPS) is 10.8. The summed E-state index contributed by atoms with van der Waals surface area (Å²) in [5.74, 6) is -2.34. The summed E-state index contributed by atoms with van der Waals surface area (Å²) in [5.41, 5.74) is 3.25. The maximum Gasteiger partial charge on any atom is 0.200 e. The van der Waals surface area contributed by atoms with Gasteiger partial charge in [-0.05, 0) is 46.5 Å². The Hall–Kier alpha value is -4.84. The second-order valence-electron chi connectivity index (χ2n) is 7.30. The molecule has 0 saturated carbocycles. The molecule has 4 rings (SSSR count). The van der Waals surface area contributed by atoms with E-state index in [0.717, 1.165) is 11.1 Å². The van der Waals surface area contributed by atoms with Crippen molar-refractivity contribution in [3.05, 3.63) is 107 Å². The van der Waals surface area contributed by atoms with Crippen molar-refractivity contribution in [2.45, 2.75) is 0 Å². The number of benzene rings is 4. The molecule has 0 atom stereocenters. The van der Waals surface area contributed by atoms with E-state index in [4.69, 9.17) is 0 Å². The van der Waals surface area contributed by atoms with Gasteiger partial charge in [0, 0.05) is 0 Å². The molecule has 4 aromatic rings. The minimum Gasteiger partial charge on any atom is -0.504 e. The van der Waals surface area contributed by atoms with Crippen molar-refractivity contribution < 1.29 is 30.6 Å². The zero-order chi connectivity index (χ0) is 24.5. The maximum atomic E-state index is 9.33. The second kappa shape index (κ2) is 11.2. The molecule has 172 valence electrons.